The van der Waals surface area contributed by atoms with E-state index in [1.807, 2.05) is 17.4 Å². The molecule has 0 N–H and O–H groups in total. The van der Waals surface area contributed by atoms with Crippen LogP contribution in [-0.2, 0) is 0 Å². The Labute approximate surface area is 221 Å². The zero-order chi connectivity index (χ0) is 24.2. The summed E-state index contributed by atoms with van der Waals surface area (Å²) in [6, 6.07) is 39.6. The molecule has 8 aromatic rings. The third-order valence-corrected chi connectivity index (χ3v) is 9.39. The summed E-state index contributed by atoms with van der Waals surface area (Å²) in [4.78, 5) is 0. The van der Waals surface area contributed by atoms with Gasteiger partial charge in [0.05, 0.1) is 15.7 Å². The highest BCUT2D eigenvalue weighted by molar-refractivity contribution is 7.26. The second-order valence-electron chi connectivity index (χ2n) is 9.85. The van der Waals surface area contributed by atoms with E-state index >= 15 is 0 Å². The Morgan fingerprint density at radius 3 is 2.35 bits per heavy atom. The van der Waals surface area contributed by atoms with Crippen LogP contribution in [0.3, 0.4) is 0 Å². The first kappa shape index (κ1) is 20.0. The average molecular weight is 508 g/mol. The monoisotopic (exact) mass is 507 g/mol. The molecule has 172 valence electrons. The Morgan fingerprint density at radius 2 is 1.43 bits per heavy atom. The number of halogens is 1. The highest BCUT2D eigenvalue weighted by Crippen LogP contribution is 2.53. The van der Waals surface area contributed by atoms with Gasteiger partial charge in [-0.1, -0.05) is 78.3 Å². The smallest absolute Gasteiger partial charge is 0.0726 e. The molecule has 0 aliphatic heterocycles. The third kappa shape index (κ3) is 2.49. The van der Waals surface area contributed by atoms with Crippen molar-refractivity contribution in [1.29, 1.82) is 0 Å². The summed E-state index contributed by atoms with van der Waals surface area (Å²) in [5.74, 6) is 0. The van der Waals surface area contributed by atoms with Gasteiger partial charge in [-0.25, -0.2) is 0 Å². The number of para-hydroxylation sites is 1. The molecule has 0 spiro atoms. The van der Waals surface area contributed by atoms with E-state index in [-0.39, 0.29) is 0 Å². The maximum absolute atomic E-state index is 6.67. The maximum Gasteiger partial charge on any atom is 0.0726 e. The van der Waals surface area contributed by atoms with E-state index in [2.05, 4.69) is 108 Å². The zero-order valence-corrected chi connectivity index (χ0v) is 21.2. The second kappa shape index (κ2) is 7.01. The Morgan fingerprint density at radius 1 is 0.568 bits per heavy atom. The van der Waals surface area contributed by atoms with E-state index < -0.39 is 0 Å². The van der Waals surface area contributed by atoms with Gasteiger partial charge in [0.15, 0.2) is 0 Å². The van der Waals surface area contributed by atoms with Crippen molar-refractivity contribution in [2.24, 2.45) is 0 Å². The van der Waals surface area contributed by atoms with Crippen molar-refractivity contribution in [3.63, 3.8) is 0 Å². The molecule has 0 radical (unpaired) electrons. The number of hydrogen-bond acceptors (Lipinski definition) is 1. The van der Waals surface area contributed by atoms with Crippen LogP contribution in [-0.4, -0.2) is 4.57 Å². The topological polar surface area (TPSA) is 4.93 Å². The normalized spacial score (nSPS) is 12.5. The summed E-state index contributed by atoms with van der Waals surface area (Å²) in [6.07, 6.45) is 0. The number of rotatable bonds is 1. The lowest BCUT2D eigenvalue weighted by Crippen LogP contribution is -1.94. The summed E-state index contributed by atoms with van der Waals surface area (Å²) >= 11 is 8.57. The van der Waals surface area contributed by atoms with Crippen LogP contribution in [0.2, 0.25) is 5.02 Å². The fourth-order valence-electron chi connectivity index (χ4n) is 6.49. The Kier molecular flexibility index (Phi) is 3.79. The standard InChI is InChI=1S/C34H18ClNS/c35-20-14-15-22-24-11-6-7-19-13-16-28-32(30(19)24)31-26(25(22)17-20)18-27-23-10-4-5-12-29(23)37-34(27)33(31)36(28)21-8-2-1-3-9-21/h1-18H. The molecule has 2 aromatic heterocycles. The Bertz CT molecular complexity index is 2250. The van der Waals surface area contributed by atoms with Gasteiger partial charge in [-0.3, -0.25) is 0 Å². The van der Waals surface area contributed by atoms with Gasteiger partial charge in [0.2, 0.25) is 0 Å². The van der Waals surface area contributed by atoms with Gasteiger partial charge in [0.25, 0.3) is 0 Å². The molecule has 0 amide bonds. The fraction of sp³-hybridized carbons (Fsp3) is 0. The average Bonchev–Trinajstić information content (AvgIpc) is 3.45. The molecule has 2 heterocycles. The van der Waals surface area contributed by atoms with Crippen LogP contribution in [0, 0.1) is 0 Å². The van der Waals surface area contributed by atoms with Crippen LogP contribution >= 0.6 is 22.9 Å². The van der Waals surface area contributed by atoms with Crippen molar-refractivity contribution in [1.82, 2.24) is 4.57 Å². The van der Waals surface area contributed by atoms with Gasteiger partial charge in [-0.2, -0.15) is 0 Å². The van der Waals surface area contributed by atoms with Crippen LogP contribution in [0.25, 0.3) is 80.7 Å². The molecule has 0 saturated heterocycles. The largest absolute Gasteiger partial charge is 0.308 e. The van der Waals surface area contributed by atoms with E-state index in [1.54, 1.807) is 0 Å². The first-order valence-electron chi connectivity index (χ1n) is 12.5. The molecule has 1 aliphatic rings. The van der Waals surface area contributed by atoms with Crippen molar-refractivity contribution in [2.75, 3.05) is 0 Å². The van der Waals surface area contributed by atoms with E-state index in [0.717, 1.165) is 5.02 Å². The molecule has 1 aliphatic carbocycles. The number of fused-ring (bicyclic) bond motifs is 7. The lowest BCUT2D eigenvalue weighted by atomic mass is 9.93. The molecule has 9 rings (SSSR count). The molecule has 0 saturated carbocycles. The first-order valence-corrected chi connectivity index (χ1v) is 13.7. The molecule has 1 nitrogen and oxygen atoms in total. The van der Waals surface area contributed by atoms with Gasteiger partial charge in [0, 0.05) is 37.0 Å². The van der Waals surface area contributed by atoms with Crippen LogP contribution in [0.15, 0.2) is 109 Å². The van der Waals surface area contributed by atoms with Crippen LogP contribution < -0.4 is 0 Å². The van der Waals surface area contributed by atoms with Crippen molar-refractivity contribution < 1.29 is 0 Å². The highest BCUT2D eigenvalue weighted by Gasteiger charge is 2.27. The summed E-state index contributed by atoms with van der Waals surface area (Å²) in [6.45, 7) is 0. The van der Waals surface area contributed by atoms with Gasteiger partial charge < -0.3 is 4.57 Å². The lowest BCUT2D eigenvalue weighted by Gasteiger charge is -2.14. The van der Waals surface area contributed by atoms with Gasteiger partial charge >= 0.3 is 0 Å². The molecule has 3 heteroatoms. The van der Waals surface area contributed by atoms with Crippen molar-refractivity contribution in [2.45, 2.75) is 0 Å². The molecule has 0 atom stereocenters. The fourth-order valence-corrected chi connectivity index (χ4v) is 7.89. The third-order valence-electron chi connectivity index (χ3n) is 7.96. The van der Waals surface area contributed by atoms with E-state index in [4.69, 9.17) is 11.6 Å². The summed E-state index contributed by atoms with van der Waals surface area (Å²) < 4.78 is 5.13. The number of benzene rings is 6. The number of hydrogen-bond donors (Lipinski definition) is 0. The number of thiophene rings is 1. The Balaban J connectivity index is 1.68. The molecular weight excluding hydrogens is 490 g/mol. The van der Waals surface area contributed by atoms with E-state index in [0.29, 0.717) is 0 Å². The predicted octanol–water partition coefficient (Wildman–Crippen LogP) is 10.6. The minimum Gasteiger partial charge on any atom is -0.308 e. The van der Waals surface area contributed by atoms with E-state index in [1.165, 1.54) is 80.7 Å². The summed E-state index contributed by atoms with van der Waals surface area (Å²) in [5, 5.41) is 8.60. The molecule has 37 heavy (non-hydrogen) atoms. The molecule has 0 fully saturated rings. The molecule has 0 bridgehead atoms. The van der Waals surface area contributed by atoms with Crippen molar-refractivity contribution in [3.8, 4) is 27.9 Å². The molecular formula is C34H18ClNS. The SMILES string of the molecule is Clc1ccc2c(c1)-c1cc3c4ccccc4sc3c3c1c1c4c-2cccc4ccc1n3-c1ccccc1. The minimum atomic E-state index is 0.763. The molecule has 6 aromatic carbocycles. The van der Waals surface area contributed by atoms with Gasteiger partial charge in [-0.05, 0) is 75.5 Å². The zero-order valence-electron chi connectivity index (χ0n) is 19.6. The lowest BCUT2D eigenvalue weighted by molar-refractivity contribution is 1.19. The van der Waals surface area contributed by atoms with Gasteiger partial charge in [-0.15, -0.1) is 11.3 Å². The second-order valence-corrected chi connectivity index (χ2v) is 11.3. The predicted molar refractivity (Wildman–Crippen MR) is 161 cm³/mol. The van der Waals surface area contributed by atoms with Gasteiger partial charge in [0.1, 0.15) is 0 Å². The van der Waals surface area contributed by atoms with Crippen LogP contribution in [0.5, 0.6) is 0 Å². The van der Waals surface area contributed by atoms with E-state index in [9.17, 15) is 0 Å². The molecule has 0 unspecified atom stereocenters. The first-order chi connectivity index (χ1) is 18.3. The number of aromatic nitrogens is 1. The minimum absolute atomic E-state index is 0.763. The summed E-state index contributed by atoms with van der Waals surface area (Å²) in [5.41, 5.74) is 8.67. The van der Waals surface area contributed by atoms with Crippen molar-refractivity contribution in [3.05, 3.63) is 114 Å². The quantitative estimate of drug-likeness (QED) is 0.208. The van der Waals surface area contributed by atoms with Crippen LogP contribution in [0.4, 0.5) is 0 Å². The number of nitrogens with zero attached hydrogens (tertiary/aromatic N) is 1. The highest BCUT2D eigenvalue weighted by atomic mass is 35.5. The Hall–Kier alpha value is -4.11. The van der Waals surface area contributed by atoms with Crippen LogP contribution in [0.1, 0.15) is 0 Å². The van der Waals surface area contributed by atoms with Crippen molar-refractivity contribution >= 4 is 75.7 Å². The summed E-state index contributed by atoms with van der Waals surface area (Å²) in [7, 11) is 0. The maximum atomic E-state index is 6.67.